The van der Waals surface area contributed by atoms with E-state index in [1.165, 1.54) is 59.9 Å². The third-order valence-corrected chi connectivity index (χ3v) is 19.3. The standard InChI is InChI=1S/C52H62ClF3N6O5S3/c1-50(2,3)62-34-42-29-43(62)33-61(42)24-20-40(35-68-44-7-5-4-6-8-44)57-47-18-17-45(30-48(47)69(64,65)52(54,55)56)70(66,67)58-49(63)37-11-15-41(16-12-37)60-27-25-59(26-28-60)32-38-31-51(22-23-51)21-19-46(38)36-9-13-39(53)14-10-36/h4-18,30,40,42-43,57H,19-29,31-35H2,1-3H3,(H,58,63)/t40-,42+,43+/m1/s1. The highest BCUT2D eigenvalue weighted by molar-refractivity contribution is 7.99. The third-order valence-electron chi connectivity index (χ3n) is 15.0. The molecule has 2 N–H and O–H groups in total. The van der Waals surface area contributed by atoms with Crippen molar-refractivity contribution in [2.45, 2.75) is 110 Å². The monoisotopic (exact) mass is 1040 g/mol. The molecular formula is C52H62ClF3N6O5S3. The minimum absolute atomic E-state index is 0.0106. The van der Waals surface area contributed by atoms with Crippen LogP contribution in [0, 0.1) is 5.41 Å². The van der Waals surface area contributed by atoms with Gasteiger partial charge in [0.05, 0.1) is 10.6 Å². The van der Waals surface area contributed by atoms with Gasteiger partial charge in [0.2, 0.25) is 0 Å². The van der Waals surface area contributed by atoms with Crippen molar-refractivity contribution < 1.29 is 34.8 Å². The van der Waals surface area contributed by atoms with Crippen molar-refractivity contribution in [1.82, 2.24) is 19.4 Å². The van der Waals surface area contributed by atoms with Gasteiger partial charge in [-0.25, -0.2) is 21.6 Å². The number of rotatable bonds is 16. The van der Waals surface area contributed by atoms with Gasteiger partial charge >= 0.3 is 5.51 Å². The largest absolute Gasteiger partial charge is 0.501 e. The van der Waals surface area contributed by atoms with E-state index in [0.29, 0.717) is 42.3 Å². The zero-order valence-electron chi connectivity index (χ0n) is 39.9. The van der Waals surface area contributed by atoms with Gasteiger partial charge in [0.1, 0.15) is 4.90 Å². The van der Waals surface area contributed by atoms with E-state index >= 15 is 0 Å². The number of anilines is 2. The first-order chi connectivity index (χ1) is 33.2. The van der Waals surface area contributed by atoms with Crippen molar-refractivity contribution in [3.8, 4) is 0 Å². The van der Waals surface area contributed by atoms with E-state index in [4.69, 9.17) is 11.6 Å². The van der Waals surface area contributed by atoms with E-state index in [0.717, 1.165) is 92.8 Å². The number of nitrogens with zero attached hydrogens (tertiary/aromatic N) is 4. The molecule has 0 unspecified atom stereocenters. The number of amides is 1. The van der Waals surface area contributed by atoms with Gasteiger partial charge in [0, 0.05) is 103 Å². The number of alkyl halides is 3. The highest BCUT2D eigenvalue weighted by Crippen LogP contribution is 2.58. The number of hydrogen-bond acceptors (Lipinski definition) is 11. The minimum Gasteiger partial charge on any atom is -0.380 e. The molecular weight excluding hydrogens is 977 g/mol. The summed E-state index contributed by atoms with van der Waals surface area (Å²) in [6.45, 7) is 13.1. The van der Waals surface area contributed by atoms with Crippen molar-refractivity contribution in [3.63, 3.8) is 0 Å². The lowest BCUT2D eigenvalue weighted by molar-refractivity contribution is -0.0435. The number of hydrogen-bond donors (Lipinski definition) is 2. The molecule has 3 atom stereocenters. The fraction of sp³-hybridized carbons (Fsp3) is 0.481. The predicted molar refractivity (Wildman–Crippen MR) is 273 cm³/mol. The number of nitrogens with one attached hydrogen (secondary N) is 2. The van der Waals surface area contributed by atoms with E-state index in [2.05, 4.69) is 57.8 Å². The Balaban J connectivity index is 0.858. The lowest BCUT2D eigenvalue weighted by Crippen LogP contribution is -2.53. The molecule has 376 valence electrons. The molecule has 4 aromatic carbocycles. The van der Waals surface area contributed by atoms with Crippen LogP contribution < -0.4 is 14.9 Å². The van der Waals surface area contributed by atoms with Crippen molar-refractivity contribution in [2.24, 2.45) is 5.41 Å². The summed E-state index contributed by atoms with van der Waals surface area (Å²) in [6.07, 6.45) is 7.55. The van der Waals surface area contributed by atoms with Gasteiger partial charge in [0.15, 0.2) is 0 Å². The van der Waals surface area contributed by atoms with E-state index in [-0.39, 0.29) is 16.8 Å². The maximum Gasteiger partial charge on any atom is 0.501 e. The number of carbonyl (C=O) groups excluding carboxylic acids is 1. The highest BCUT2D eigenvalue weighted by atomic mass is 35.5. The Hall–Kier alpha value is -4.10. The van der Waals surface area contributed by atoms with Crippen LogP contribution in [0.15, 0.2) is 117 Å². The summed E-state index contributed by atoms with van der Waals surface area (Å²) in [4.78, 5) is 22.0. The summed E-state index contributed by atoms with van der Waals surface area (Å²) in [7, 11) is -10.9. The smallest absolute Gasteiger partial charge is 0.380 e. The molecule has 70 heavy (non-hydrogen) atoms. The van der Waals surface area contributed by atoms with Crippen molar-refractivity contribution >= 4 is 66.1 Å². The summed E-state index contributed by atoms with van der Waals surface area (Å²) < 4.78 is 98.9. The van der Waals surface area contributed by atoms with Crippen LogP contribution >= 0.6 is 23.4 Å². The number of halogens is 4. The molecule has 4 aromatic rings. The summed E-state index contributed by atoms with van der Waals surface area (Å²) in [6, 6.07) is 26.9. The molecule has 3 saturated heterocycles. The first kappa shape index (κ1) is 50.8. The molecule has 0 radical (unpaired) electrons. The number of carbonyl (C=O) groups is 1. The van der Waals surface area contributed by atoms with Gasteiger partial charge in [-0.2, -0.15) is 13.2 Å². The zero-order valence-corrected chi connectivity index (χ0v) is 43.1. The zero-order chi connectivity index (χ0) is 49.6. The normalized spacial score (nSPS) is 21.6. The van der Waals surface area contributed by atoms with Crippen LogP contribution in [-0.2, 0) is 19.9 Å². The van der Waals surface area contributed by atoms with E-state index in [1.807, 2.05) is 47.2 Å². The van der Waals surface area contributed by atoms with E-state index < -0.39 is 47.1 Å². The summed E-state index contributed by atoms with van der Waals surface area (Å²) in [5.74, 6) is -0.619. The number of sulfonamides is 1. The van der Waals surface area contributed by atoms with Crippen LogP contribution in [0.25, 0.3) is 5.57 Å². The van der Waals surface area contributed by atoms with Crippen LogP contribution in [0.1, 0.15) is 81.6 Å². The molecule has 1 saturated carbocycles. The minimum atomic E-state index is -6.06. The summed E-state index contributed by atoms with van der Waals surface area (Å²) in [5, 5.41) is 3.81. The highest BCUT2D eigenvalue weighted by Gasteiger charge is 2.50. The van der Waals surface area contributed by atoms with Gasteiger partial charge in [-0.05, 0) is 149 Å². The average molecular weight is 1040 g/mol. The molecule has 5 aliphatic rings. The second-order valence-corrected chi connectivity index (χ2v) is 25.9. The SMILES string of the molecule is CC(C)(C)N1C[C@@H]2C[C@H]1CN2CC[C@H](CSc1ccccc1)Nc1ccc(S(=O)(=O)NC(=O)c2ccc(N3CCN(CC4=C(c5ccc(Cl)cc5)CCC5(CC5)C4)CC3)cc2)cc1S(=O)(=O)C(F)(F)F. The van der Waals surface area contributed by atoms with Crippen LogP contribution in [0.3, 0.4) is 0 Å². The first-order valence-corrected chi connectivity index (χ1v) is 28.5. The van der Waals surface area contributed by atoms with Gasteiger partial charge in [-0.3, -0.25) is 19.5 Å². The summed E-state index contributed by atoms with van der Waals surface area (Å²) in [5.41, 5.74) is -0.540. The molecule has 2 aliphatic carbocycles. The molecule has 18 heteroatoms. The van der Waals surface area contributed by atoms with Gasteiger partial charge in [0.25, 0.3) is 25.8 Å². The van der Waals surface area contributed by atoms with Crippen molar-refractivity contribution in [3.05, 3.63) is 119 Å². The van der Waals surface area contributed by atoms with Gasteiger partial charge in [-0.1, -0.05) is 47.5 Å². The second kappa shape index (κ2) is 20.1. The topological polar surface area (TPSA) is 122 Å². The Morgan fingerprint density at radius 3 is 2.19 bits per heavy atom. The second-order valence-electron chi connectivity index (χ2n) is 20.7. The molecule has 11 nitrogen and oxygen atoms in total. The van der Waals surface area contributed by atoms with Crippen LogP contribution in [-0.4, -0.2) is 125 Å². The van der Waals surface area contributed by atoms with Gasteiger partial charge < -0.3 is 10.2 Å². The third kappa shape index (κ3) is 11.4. The maximum absolute atomic E-state index is 14.4. The lowest BCUT2D eigenvalue weighted by Gasteiger charge is -2.42. The molecule has 4 fully saturated rings. The number of thioether (sulfide) groups is 1. The lowest BCUT2D eigenvalue weighted by atomic mass is 9.79. The van der Waals surface area contributed by atoms with Crippen LogP contribution in [0.2, 0.25) is 5.02 Å². The average Bonchev–Trinajstić information content (AvgIpc) is 3.73. The van der Waals surface area contributed by atoms with Crippen molar-refractivity contribution in [1.29, 1.82) is 0 Å². The summed E-state index contributed by atoms with van der Waals surface area (Å²) >= 11 is 7.69. The Morgan fingerprint density at radius 1 is 0.857 bits per heavy atom. The Morgan fingerprint density at radius 2 is 1.56 bits per heavy atom. The maximum atomic E-state index is 14.4. The molecule has 1 spiro atoms. The fourth-order valence-corrected chi connectivity index (χ4v) is 14.0. The predicted octanol–water partition coefficient (Wildman–Crippen LogP) is 9.81. The van der Waals surface area contributed by atoms with E-state index in [9.17, 15) is 34.8 Å². The molecule has 3 heterocycles. The molecule has 2 bridgehead atoms. The number of sulfone groups is 1. The Bertz CT molecular complexity index is 2800. The molecule has 9 rings (SSSR count). The molecule has 3 aliphatic heterocycles. The molecule has 0 aromatic heterocycles. The number of benzene rings is 4. The number of allylic oxidation sites excluding steroid dienone is 1. The van der Waals surface area contributed by atoms with Crippen molar-refractivity contribution in [2.75, 3.05) is 68.3 Å². The van der Waals surface area contributed by atoms with Gasteiger partial charge in [-0.15, -0.1) is 11.8 Å². The van der Waals surface area contributed by atoms with Crippen LogP contribution in [0.4, 0.5) is 24.5 Å². The number of likely N-dealkylation sites (tertiary alicyclic amines) is 2. The number of piperazine rings is 2. The number of fused-ring (bicyclic) bond motifs is 2. The van der Waals surface area contributed by atoms with Crippen LogP contribution in [0.5, 0.6) is 0 Å². The first-order valence-electron chi connectivity index (χ1n) is 24.2. The Labute approximate surface area is 420 Å². The van der Waals surface area contributed by atoms with E-state index in [1.54, 1.807) is 12.1 Å². The quantitative estimate of drug-likeness (QED) is 0.104. The fourth-order valence-electron chi connectivity index (χ4n) is 10.9. The molecule has 1 amide bonds. The Kier molecular flexibility index (Phi) is 14.6.